The number of hydrogen-bond donors (Lipinski definition) is 1. The minimum atomic E-state index is -0.875. The highest BCUT2D eigenvalue weighted by molar-refractivity contribution is 9.10. The average molecular weight is 702 g/mol. The molecule has 0 bridgehead atoms. The van der Waals surface area contributed by atoms with E-state index in [1.807, 2.05) is 62.2 Å². The lowest BCUT2D eigenvalue weighted by Crippen LogP contribution is -2.04. The molecule has 0 atom stereocenters. The molecule has 47 heavy (non-hydrogen) atoms. The van der Waals surface area contributed by atoms with E-state index in [-0.39, 0.29) is 6.04 Å². The van der Waals surface area contributed by atoms with Crippen molar-refractivity contribution >= 4 is 60.1 Å². The minimum absolute atomic E-state index is 0.279. The van der Waals surface area contributed by atoms with Gasteiger partial charge in [-0.15, -0.1) is 0 Å². The summed E-state index contributed by atoms with van der Waals surface area (Å²) < 4.78 is 59.7. The fraction of sp³-hybridized carbons (Fsp3) is 0.176. The van der Waals surface area contributed by atoms with E-state index in [1.165, 1.54) is 12.1 Å². The third kappa shape index (κ3) is 5.54. The van der Waals surface area contributed by atoms with Gasteiger partial charge in [0, 0.05) is 36.3 Å². The van der Waals surface area contributed by atoms with Gasteiger partial charge in [0.2, 0.25) is 5.95 Å². The predicted molar refractivity (Wildman–Crippen MR) is 174 cm³/mol. The quantitative estimate of drug-likeness (QED) is 0.187. The van der Waals surface area contributed by atoms with Crippen molar-refractivity contribution < 1.29 is 17.6 Å². The van der Waals surface area contributed by atoms with E-state index in [0.717, 1.165) is 59.9 Å². The van der Waals surface area contributed by atoms with E-state index in [4.69, 9.17) is 0 Å². The van der Waals surface area contributed by atoms with E-state index in [0.29, 0.717) is 38.8 Å². The van der Waals surface area contributed by atoms with Crippen LogP contribution in [0.5, 0.6) is 0 Å². The Morgan fingerprint density at radius 1 is 0.617 bits per heavy atom. The Morgan fingerprint density at radius 2 is 1.19 bits per heavy atom. The third-order valence-corrected chi connectivity index (χ3v) is 8.78. The van der Waals surface area contributed by atoms with Gasteiger partial charge < -0.3 is 14.1 Å². The van der Waals surface area contributed by atoms with E-state index in [1.54, 1.807) is 12.7 Å². The summed E-state index contributed by atoms with van der Waals surface area (Å²) in [6, 6.07) is 21.1. The highest BCUT2D eigenvalue weighted by Gasteiger charge is 2.30. The topological polar surface area (TPSA) is 82.1 Å². The third-order valence-electron chi connectivity index (χ3n) is 8.22. The number of aromatic amines is 1. The normalized spacial score (nSPS) is 14.4. The second kappa shape index (κ2) is 11.6. The van der Waals surface area contributed by atoms with Gasteiger partial charge in [0.15, 0.2) is 28.0 Å². The van der Waals surface area contributed by atoms with Crippen molar-refractivity contribution in [3.8, 4) is 5.95 Å². The maximum atomic E-state index is 13.7. The Bertz CT molecular complexity index is 2390. The Balaban J connectivity index is 0.000000115. The van der Waals surface area contributed by atoms with Gasteiger partial charge >= 0.3 is 0 Å². The summed E-state index contributed by atoms with van der Waals surface area (Å²) in [6.45, 7) is 0. The van der Waals surface area contributed by atoms with Crippen molar-refractivity contribution in [1.82, 2.24) is 38.6 Å². The van der Waals surface area contributed by atoms with Gasteiger partial charge in [-0.2, -0.15) is 0 Å². The van der Waals surface area contributed by atoms with Crippen LogP contribution in [0, 0.1) is 23.3 Å². The zero-order valence-electron chi connectivity index (χ0n) is 24.6. The summed E-state index contributed by atoms with van der Waals surface area (Å²) in [5.74, 6) is -2.74. The summed E-state index contributed by atoms with van der Waals surface area (Å²) in [4.78, 5) is 20.2. The SMILES string of the molecule is Fc1cc2nc(-n3cnc4ccccc43)n(C3CC3)c2cc1F.Fc1cc2nc(Br)n(C3CC3)c2cc1F.c1ccc2[nH]cnc2c1. The molecule has 10 rings (SSSR count). The highest BCUT2D eigenvalue weighted by Crippen LogP contribution is 2.41. The lowest BCUT2D eigenvalue weighted by atomic mass is 10.3. The number of imidazole rings is 4. The second-order valence-electron chi connectivity index (χ2n) is 11.5. The molecule has 0 unspecified atom stereocenters. The maximum absolute atomic E-state index is 13.7. The molecule has 2 saturated carbocycles. The number of para-hydroxylation sites is 4. The van der Waals surface area contributed by atoms with Crippen molar-refractivity contribution in [2.75, 3.05) is 0 Å². The standard InChI is InChI=1S/C17H12F2N4.C10H7BrF2N2.C7H6N2/c18-11-7-14-16(8-12(11)19)23(10-5-6-10)17(21-14)22-9-20-13-3-1-2-4-15(13)22;11-10-14-8-3-6(12)7(13)4-9(8)15(10)5-1-2-5;1-2-4-7-6(3-1)8-5-9-7/h1-4,7-10H,5-6H2;3-5H,1-2H2;1-5H,(H,8,9). The first-order valence-electron chi connectivity index (χ1n) is 15.1. The van der Waals surface area contributed by atoms with E-state index in [2.05, 4.69) is 40.8 Å². The molecule has 2 aliphatic rings. The molecule has 1 N–H and O–H groups in total. The maximum Gasteiger partial charge on any atom is 0.216 e. The highest BCUT2D eigenvalue weighted by atomic mass is 79.9. The molecule has 2 aliphatic carbocycles. The number of aromatic nitrogens is 8. The lowest BCUT2D eigenvalue weighted by Gasteiger charge is -2.08. The first-order valence-corrected chi connectivity index (χ1v) is 15.8. The van der Waals surface area contributed by atoms with Crippen LogP contribution >= 0.6 is 15.9 Å². The molecule has 0 aliphatic heterocycles. The molecule has 2 fully saturated rings. The van der Waals surface area contributed by atoms with Crippen LogP contribution in [0.3, 0.4) is 0 Å². The summed E-state index contributed by atoms with van der Waals surface area (Å²) >= 11 is 3.31. The smallest absolute Gasteiger partial charge is 0.216 e. The largest absolute Gasteiger partial charge is 0.345 e. The van der Waals surface area contributed by atoms with Crippen LogP contribution in [0.2, 0.25) is 0 Å². The minimum Gasteiger partial charge on any atom is -0.345 e. The summed E-state index contributed by atoms with van der Waals surface area (Å²) in [7, 11) is 0. The fourth-order valence-corrected chi connectivity index (χ4v) is 6.35. The van der Waals surface area contributed by atoms with E-state index < -0.39 is 23.3 Å². The lowest BCUT2D eigenvalue weighted by molar-refractivity contribution is 0.510. The van der Waals surface area contributed by atoms with Crippen LogP contribution in [0.4, 0.5) is 17.6 Å². The van der Waals surface area contributed by atoms with Crippen LogP contribution in [-0.2, 0) is 0 Å². The number of rotatable bonds is 3. The first kappa shape index (κ1) is 29.4. The fourth-order valence-electron chi connectivity index (χ4n) is 5.68. The van der Waals surface area contributed by atoms with Gasteiger partial charge in [0.05, 0.1) is 50.5 Å². The molecule has 0 spiro atoms. The number of H-pyrrole nitrogens is 1. The summed E-state index contributed by atoms with van der Waals surface area (Å²) in [5.41, 5.74) is 6.14. The van der Waals surface area contributed by atoms with Crippen LogP contribution in [0.1, 0.15) is 37.8 Å². The van der Waals surface area contributed by atoms with E-state index >= 15 is 0 Å². The van der Waals surface area contributed by atoms with Gasteiger partial charge in [0.25, 0.3) is 0 Å². The molecule has 4 aromatic carbocycles. The second-order valence-corrected chi connectivity index (χ2v) is 12.2. The molecule has 0 saturated heterocycles. The van der Waals surface area contributed by atoms with Crippen LogP contribution in [0.15, 0.2) is 90.2 Å². The van der Waals surface area contributed by atoms with Gasteiger partial charge in [-0.1, -0.05) is 24.3 Å². The van der Waals surface area contributed by atoms with E-state index in [9.17, 15) is 17.6 Å². The molecule has 4 aromatic heterocycles. The van der Waals surface area contributed by atoms with Gasteiger partial charge in [-0.05, 0) is 65.9 Å². The molecule has 4 heterocycles. The number of halogens is 5. The van der Waals surface area contributed by atoms with Crippen LogP contribution in [0.25, 0.3) is 50.1 Å². The van der Waals surface area contributed by atoms with Crippen molar-refractivity contribution in [1.29, 1.82) is 0 Å². The van der Waals surface area contributed by atoms with Gasteiger partial charge in [0.1, 0.15) is 6.33 Å². The van der Waals surface area contributed by atoms with Crippen molar-refractivity contribution in [3.05, 3.63) is 113 Å². The number of hydrogen-bond acceptors (Lipinski definition) is 4. The molecular formula is C34H25BrF4N8. The van der Waals surface area contributed by atoms with Gasteiger partial charge in [-0.25, -0.2) is 37.5 Å². The van der Waals surface area contributed by atoms with Crippen LogP contribution in [-0.4, -0.2) is 38.6 Å². The first-order chi connectivity index (χ1) is 22.9. The molecule has 8 aromatic rings. The molecule has 0 amide bonds. The van der Waals surface area contributed by atoms with Crippen molar-refractivity contribution in [2.24, 2.45) is 0 Å². The van der Waals surface area contributed by atoms with Gasteiger partial charge in [-0.3, -0.25) is 4.57 Å². The van der Waals surface area contributed by atoms with Crippen molar-refractivity contribution in [3.63, 3.8) is 0 Å². The molecule has 8 nitrogen and oxygen atoms in total. The zero-order chi connectivity index (χ0) is 32.2. The Hall–Kier alpha value is -5.04. The predicted octanol–water partition coefficient (Wildman–Crippen LogP) is 8.96. The monoisotopic (exact) mass is 700 g/mol. The Morgan fingerprint density at radius 3 is 1.87 bits per heavy atom. The Labute approximate surface area is 272 Å². The summed E-state index contributed by atoms with van der Waals surface area (Å²) in [5, 5.41) is 0. The number of nitrogens with one attached hydrogen (secondary N) is 1. The zero-order valence-corrected chi connectivity index (χ0v) is 26.2. The molecule has 236 valence electrons. The molecular weight excluding hydrogens is 676 g/mol. The van der Waals surface area contributed by atoms with Crippen LogP contribution < -0.4 is 0 Å². The molecule has 13 heteroatoms. The average Bonchev–Trinajstić information content (AvgIpc) is 3.92. The number of nitrogens with zero attached hydrogens (tertiary/aromatic N) is 7. The molecule has 0 radical (unpaired) electrons. The number of benzene rings is 4. The van der Waals surface area contributed by atoms with Crippen molar-refractivity contribution in [2.45, 2.75) is 37.8 Å². The number of fused-ring (bicyclic) bond motifs is 4. The Kier molecular flexibility index (Phi) is 7.27. The summed E-state index contributed by atoms with van der Waals surface area (Å²) in [6.07, 6.45) is 7.59.